The molecule has 2 heterocycles. The van der Waals surface area contributed by atoms with Crippen molar-refractivity contribution in [1.82, 2.24) is 4.98 Å². The molecular weight excluding hydrogens is 334 g/mol. The Labute approximate surface area is 160 Å². The van der Waals surface area contributed by atoms with E-state index in [1.54, 1.807) is 0 Å². The number of hydrogen-bond donors (Lipinski definition) is 0. The van der Waals surface area contributed by atoms with Gasteiger partial charge in [0.15, 0.2) is 5.79 Å². The minimum Gasteiger partial charge on any atom is -0.348 e. The van der Waals surface area contributed by atoms with Crippen molar-refractivity contribution in [2.75, 3.05) is 13.2 Å². The SMILES string of the molecule is Cc1ccc(-c2nc(C3CCC4(CC3)OCCO4)cc3ccccc23)cc1. The Hall–Kier alpha value is -2.23. The minimum absolute atomic E-state index is 0.312. The van der Waals surface area contributed by atoms with Crippen LogP contribution in [0.15, 0.2) is 54.6 Å². The van der Waals surface area contributed by atoms with Crippen molar-refractivity contribution in [3.8, 4) is 11.3 Å². The number of hydrogen-bond acceptors (Lipinski definition) is 3. The summed E-state index contributed by atoms with van der Waals surface area (Å²) in [4.78, 5) is 5.16. The standard InChI is InChI=1S/C24H25NO2/c1-17-6-8-19(9-7-17)23-21-5-3-2-4-20(21)16-22(25-23)18-10-12-24(13-11-18)26-14-15-27-24/h2-9,16,18H,10-15H2,1H3. The van der Waals surface area contributed by atoms with Crippen LogP contribution in [0, 0.1) is 6.92 Å². The summed E-state index contributed by atoms with van der Waals surface area (Å²) in [6, 6.07) is 19.6. The van der Waals surface area contributed by atoms with Gasteiger partial charge in [0.2, 0.25) is 0 Å². The lowest BCUT2D eigenvalue weighted by Crippen LogP contribution is -2.34. The number of ether oxygens (including phenoxy) is 2. The van der Waals surface area contributed by atoms with Gasteiger partial charge in [-0.3, -0.25) is 4.98 Å². The van der Waals surface area contributed by atoms with E-state index in [4.69, 9.17) is 14.5 Å². The Morgan fingerprint density at radius 2 is 1.63 bits per heavy atom. The van der Waals surface area contributed by atoms with Gasteiger partial charge >= 0.3 is 0 Å². The molecule has 3 nitrogen and oxygen atoms in total. The first-order valence-electron chi connectivity index (χ1n) is 9.97. The fourth-order valence-electron chi connectivity index (χ4n) is 4.50. The van der Waals surface area contributed by atoms with Gasteiger partial charge in [-0.05, 0) is 31.2 Å². The van der Waals surface area contributed by atoms with Crippen molar-refractivity contribution in [1.29, 1.82) is 0 Å². The lowest BCUT2D eigenvalue weighted by molar-refractivity contribution is -0.178. The summed E-state index contributed by atoms with van der Waals surface area (Å²) >= 11 is 0. The molecule has 1 aliphatic carbocycles. The zero-order valence-corrected chi connectivity index (χ0v) is 15.8. The first-order valence-corrected chi connectivity index (χ1v) is 9.97. The molecule has 1 saturated heterocycles. The molecule has 2 aromatic carbocycles. The van der Waals surface area contributed by atoms with Crippen LogP contribution in [-0.4, -0.2) is 24.0 Å². The molecule has 3 heteroatoms. The number of aryl methyl sites for hydroxylation is 1. The van der Waals surface area contributed by atoms with Gasteiger partial charge in [-0.15, -0.1) is 0 Å². The molecule has 1 spiro atoms. The fourth-order valence-corrected chi connectivity index (χ4v) is 4.50. The highest BCUT2D eigenvalue weighted by atomic mass is 16.7. The quantitative estimate of drug-likeness (QED) is 0.596. The van der Waals surface area contributed by atoms with Crippen molar-refractivity contribution in [2.45, 2.75) is 44.3 Å². The van der Waals surface area contributed by atoms with E-state index in [0.29, 0.717) is 5.92 Å². The van der Waals surface area contributed by atoms with Gasteiger partial charge in [-0.1, -0.05) is 54.1 Å². The summed E-state index contributed by atoms with van der Waals surface area (Å²) < 4.78 is 11.8. The predicted molar refractivity (Wildman–Crippen MR) is 108 cm³/mol. The smallest absolute Gasteiger partial charge is 0.168 e. The molecule has 1 saturated carbocycles. The van der Waals surface area contributed by atoms with Crippen LogP contribution in [0.4, 0.5) is 0 Å². The number of pyridine rings is 1. The maximum absolute atomic E-state index is 5.90. The van der Waals surface area contributed by atoms with Crippen molar-refractivity contribution in [3.63, 3.8) is 0 Å². The van der Waals surface area contributed by atoms with Crippen LogP contribution in [0.2, 0.25) is 0 Å². The van der Waals surface area contributed by atoms with Crippen LogP contribution in [-0.2, 0) is 9.47 Å². The molecule has 0 N–H and O–H groups in total. The Kier molecular flexibility index (Phi) is 4.22. The molecule has 2 aliphatic rings. The lowest BCUT2D eigenvalue weighted by atomic mass is 9.82. The number of aromatic nitrogens is 1. The summed E-state index contributed by atoms with van der Waals surface area (Å²) in [6.45, 7) is 3.59. The van der Waals surface area contributed by atoms with Gasteiger partial charge in [0.1, 0.15) is 0 Å². The zero-order chi connectivity index (χ0) is 18.3. The number of fused-ring (bicyclic) bond motifs is 1. The van der Waals surface area contributed by atoms with Crippen LogP contribution in [0.5, 0.6) is 0 Å². The molecule has 0 amide bonds. The van der Waals surface area contributed by atoms with Gasteiger partial charge in [-0.2, -0.15) is 0 Å². The van der Waals surface area contributed by atoms with Crippen LogP contribution < -0.4 is 0 Å². The average molecular weight is 359 g/mol. The van der Waals surface area contributed by atoms with E-state index >= 15 is 0 Å². The monoisotopic (exact) mass is 359 g/mol. The fraction of sp³-hybridized carbons (Fsp3) is 0.375. The van der Waals surface area contributed by atoms with Crippen molar-refractivity contribution in [2.24, 2.45) is 0 Å². The van der Waals surface area contributed by atoms with E-state index in [-0.39, 0.29) is 5.79 Å². The summed E-state index contributed by atoms with van der Waals surface area (Å²) in [5.41, 5.74) is 4.76. The molecule has 3 aromatic rings. The molecule has 0 unspecified atom stereocenters. The molecule has 138 valence electrons. The van der Waals surface area contributed by atoms with E-state index in [9.17, 15) is 0 Å². The molecule has 0 radical (unpaired) electrons. The Morgan fingerprint density at radius 1 is 0.926 bits per heavy atom. The van der Waals surface area contributed by atoms with Gasteiger partial charge in [0.25, 0.3) is 0 Å². The normalized spacial score (nSPS) is 19.7. The predicted octanol–water partition coefficient (Wildman–Crippen LogP) is 5.61. The van der Waals surface area contributed by atoms with Gasteiger partial charge < -0.3 is 9.47 Å². The van der Waals surface area contributed by atoms with E-state index in [2.05, 4.69) is 61.5 Å². The molecule has 1 aromatic heterocycles. The van der Waals surface area contributed by atoms with Crippen LogP contribution in [0.25, 0.3) is 22.0 Å². The lowest BCUT2D eigenvalue weighted by Gasteiger charge is -2.35. The Bertz CT molecular complexity index is 948. The summed E-state index contributed by atoms with van der Waals surface area (Å²) in [7, 11) is 0. The minimum atomic E-state index is -0.312. The summed E-state index contributed by atoms with van der Waals surface area (Å²) in [5, 5.41) is 2.49. The van der Waals surface area contributed by atoms with Crippen LogP contribution >= 0.6 is 0 Å². The Balaban J connectivity index is 1.53. The summed E-state index contributed by atoms with van der Waals surface area (Å²) in [6.07, 6.45) is 4.06. The third-order valence-electron chi connectivity index (χ3n) is 6.06. The largest absolute Gasteiger partial charge is 0.348 e. The maximum atomic E-state index is 5.90. The number of rotatable bonds is 2. The van der Waals surface area contributed by atoms with Crippen molar-refractivity contribution < 1.29 is 9.47 Å². The molecule has 27 heavy (non-hydrogen) atoms. The second-order valence-corrected chi connectivity index (χ2v) is 7.86. The maximum Gasteiger partial charge on any atom is 0.168 e. The van der Waals surface area contributed by atoms with Gasteiger partial charge in [-0.25, -0.2) is 0 Å². The third-order valence-corrected chi connectivity index (χ3v) is 6.06. The molecule has 5 rings (SSSR count). The second kappa shape index (κ2) is 6.74. The van der Waals surface area contributed by atoms with Crippen LogP contribution in [0.3, 0.4) is 0 Å². The van der Waals surface area contributed by atoms with Gasteiger partial charge in [0, 0.05) is 35.4 Å². The second-order valence-electron chi connectivity index (χ2n) is 7.86. The highest BCUT2D eigenvalue weighted by Gasteiger charge is 2.40. The molecule has 0 bridgehead atoms. The van der Waals surface area contributed by atoms with Crippen LogP contribution in [0.1, 0.15) is 42.9 Å². The molecule has 0 atom stereocenters. The zero-order valence-electron chi connectivity index (χ0n) is 15.8. The van der Waals surface area contributed by atoms with E-state index in [1.165, 1.54) is 27.6 Å². The molecule has 2 fully saturated rings. The number of nitrogens with zero attached hydrogens (tertiary/aromatic N) is 1. The average Bonchev–Trinajstić information content (AvgIpc) is 3.16. The van der Waals surface area contributed by atoms with Crippen molar-refractivity contribution >= 4 is 10.8 Å². The van der Waals surface area contributed by atoms with E-state index in [0.717, 1.165) is 44.6 Å². The van der Waals surface area contributed by atoms with E-state index in [1.807, 2.05) is 0 Å². The highest BCUT2D eigenvalue weighted by Crippen LogP contribution is 2.43. The molecular formula is C24H25NO2. The first-order chi connectivity index (χ1) is 13.2. The van der Waals surface area contributed by atoms with Gasteiger partial charge in [0.05, 0.1) is 18.9 Å². The highest BCUT2D eigenvalue weighted by molar-refractivity contribution is 5.94. The molecule has 1 aliphatic heterocycles. The Morgan fingerprint density at radius 3 is 2.37 bits per heavy atom. The topological polar surface area (TPSA) is 31.4 Å². The summed E-state index contributed by atoms with van der Waals surface area (Å²) in [5.74, 6) is 0.157. The number of benzene rings is 2. The first kappa shape index (κ1) is 16.9. The van der Waals surface area contributed by atoms with Crippen molar-refractivity contribution in [3.05, 3.63) is 65.9 Å². The third kappa shape index (κ3) is 3.15. The van der Waals surface area contributed by atoms with E-state index < -0.39 is 0 Å².